The highest BCUT2D eigenvalue weighted by molar-refractivity contribution is 14.0. The highest BCUT2D eigenvalue weighted by Crippen LogP contribution is 2.24. The molecule has 3 N–H and O–H groups in total. The predicted molar refractivity (Wildman–Crippen MR) is 110 cm³/mol. The smallest absolute Gasteiger partial charge is 0.193 e. The van der Waals surface area contributed by atoms with Crippen molar-refractivity contribution in [1.82, 2.24) is 4.98 Å². The van der Waals surface area contributed by atoms with Gasteiger partial charge in [-0.2, -0.15) is 0 Å². The van der Waals surface area contributed by atoms with Crippen molar-refractivity contribution in [2.45, 2.75) is 20.4 Å². The van der Waals surface area contributed by atoms with Gasteiger partial charge in [0.15, 0.2) is 16.7 Å². The van der Waals surface area contributed by atoms with Crippen molar-refractivity contribution in [3.8, 4) is 10.8 Å². The van der Waals surface area contributed by atoms with Gasteiger partial charge in [-0.25, -0.2) is 9.98 Å². The Hall–Kier alpha value is -1.87. The Labute approximate surface area is 162 Å². The molecule has 0 atom stereocenters. The molecule has 3 aromatic rings. The number of anilines is 1. The van der Waals surface area contributed by atoms with Crippen molar-refractivity contribution in [1.29, 1.82) is 0 Å². The second-order valence-corrected chi connectivity index (χ2v) is 6.10. The number of nitrogens with two attached hydrogens (primary N) is 1. The lowest BCUT2D eigenvalue weighted by atomic mass is 10.1. The van der Waals surface area contributed by atoms with Crippen LogP contribution in [0.2, 0.25) is 0 Å². The van der Waals surface area contributed by atoms with Gasteiger partial charge in [0.05, 0.1) is 18.5 Å². The molecule has 3 rings (SSSR count). The number of benzene rings is 1. The van der Waals surface area contributed by atoms with Crippen LogP contribution in [0.1, 0.15) is 16.8 Å². The van der Waals surface area contributed by atoms with Crippen molar-refractivity contribution >= 4 is 47.0 Å². The van der Waals surface area contributed by atoms with Crippen LogP contribution in [0.15, 0.2) is 51.4 Å². The molecule has 0 radical (unpaired) electrons. The topological polar surface area (TPSA) is 76.4 Å². The Balaban J connectivity index is 0.00000208. The van der Waals surface area contributed by atoms with E-state index in [4.69, 9.17) is 10.2 Å². The molecule has 0 amide bonds. The van der Waals surface area contributed by atoms with E-state index in [1.54, 1.807) is 6.26 Å². The van der Waals surface area contributed by atoms with Crippen molar-refractivity contribution in [2.24, 2.45) is 10.7 Å². The van der Waals surface area contributed by atoms with Gasteiger partial charge in [0.25, 0.3) is 0 Å². The van der Waals surface area contributed by atoms with E-state index >= 15 is 0 Å². The first-order valence-electron chi connectivity index (χ1n) is 7.24. The van der Waals surface area contributed by atoms with Crippen molar-refractivity contribution in [3.63, 3.8) is 0 Å². The number of furan rings is 1. The molecule has 0 unspecified atom stereocenters. The Kier molecular flexibility index (Phi) is 6.38. The number of aliphatic imine (C=N–C) groups is 1. The van der Waals surface area contributed by atoms with E-state index < -0.39 is 0 Å². The SMILES string of the molecule is Cc1ccc(NC(N)=NCc2csc(-c3ccco3)n2)cc1C.I. The molecule has 0 aliphatic carbocycles. The number of hydrogen-bond acceptors (Lipinski definition) is 4. The van der Waals surface area contributed by atoms with E-state index in [-0.39, 0.29) is 24.0 Å². The summed E-state index contributed by atoms with van der Waals surface area (Å²) in [4.78, 5) is 8.83. The summed E-state index contributed by atoms with van der Waals surface area (Å²) in [6.07, 6.45) is 1.64. The van der Waals surface area contributed by atoms with E-state index in [2.05, 4.69) is 41.3 Å². The fourth-order valence-corrected chi connectivity index (χ4v) is 2.84. The van der Waals surface area contributed by atoms with Crippen LogP contribution in [0.5, 0.6) is 0 Å². The first-order chi connectivity index (χ1) is 11.1. The monoisotopic (exact) mass is 454 g/mol. The normalized spacial score (nSPS) is 11.2. The van der Waals surface area contributed by atoms with Gasteiger partial charge in [-0.15, -0.1) is 35.3 Å². The summed E-state index contributed by atoms with van der Waals surface area (Å²) in [6, 6.07) is 9.83. The molecule has 24 heavy (non-hydrogen) atoms. The zero-order chi connectivity index (χ0) is 16.2. The number of guanidine groups is 1. The van der Waals surface area contributed by atoms with Crippen LogP contribution in [0.3, 0.4) is 0 Å². The van der Waals surface area contributed by atoms with Crippen molar-refractivity contribution in [3.05, 3.63) is 58.8 Å². The van der Waals surface area contributed by atoms with E-state index in [0.29, 0.717) is 12.5 Å². The number of aromatic nitrogens is 1. The number of nitrogens with one attached hydrogen (secondary N) is 1. The first-order valence-corrected chi connectivity index (χ1v) is 8.12. The number of halogens is 1. The molecule has 0 spiro atoms. The van der Waals surface area contributed by atoms with Crippen molar-refractivity contribution < 1.29 is 4.42 Å². The largest absolute Gasteiger partial charge is 0.462 e. The molecule has 126 valence electrons. The molecule has 1 aromatic carbocycles. The zero-order valence-corrected chi connectivity index (χ0v) is 16.6. The quantitative estimate of drug-likeness (QED) is 0.344. The van der Waals surface area contributed by atoms with Crippen LogP contribution < -0.4 is 11.1 Å². The molecular formula is C17H19IN4OS. The number of aryl methyl sites for hydroxylation is 2. The third kappa shape index (κ3) is 4.57. The number of thiazole rings is 1. The van der Waals surface area contributed by atoms with E-state index in [9.17, 15) is 0 Å². The highest BCUT2D eigenvalue weighted by atomic mass is 127. The lowest BCUT2D eigenvalue weighted by Gasteiger charge is -2.07. The number of hydrogen-bond donors (Lipinski definition) is 2. The van der Waals surface area contributed by atoms with Crippen LogP contribution in [-0.2, 0) is 6.54 Å². The molecule has 0 fully saturated rings. The van der Waals surface area contributed by atoms with E-state index in [0.717, 1.165) is 22.1 Å². The maximum Gasteiger partial charge on any atom is 0.193 e. The molecule has 5 nitrogen and oxygen atoms in total. The Bertz CT molecular complexity index is 827. The Morgan fingerprint density at radius 3 is 2.83 bits per heavy atom. The molecule has 7 heteroatoms. The third-order valence-corrected chi connectivity index (χ3v) is 4.38. The minimum atomic E-state index is 0. The van der Waals surface area contributed by atoms with Gasteiger partial charge in [0.2, 0.25) is 0 Å². The van der Waals surface area contributed by atoms with Gasteiger partial charge in [-0.1, -0.05) is 6.07 Å². The molecule has 0 saturated heterocycles. The molecule has 0 aliphatic heterocycles. The molecular weight excluding hydrogens is 435 g/mol. The summed E-state index contributed by atoms with van der Waals surface area (Å²) in [5, 5.41) is 5.91. The second kappa shape index (κ2) is 8.29. The molecule has 2 aromatic heterocycles. The minimum Gasteiger partial charge on any atom is -0.462 e. The van der Waals surface area contributed by atoms with E-state index in [1.165, 1.54) is 22.5 Å². The molecule has 2 heterocycles. The summed E-state index contributed by atoms with van der Waals surface area (Å²) in [6.45, 7) is 4.58. The second-order valence-electron chi connectivity index (χ2n) is 5.25. The van der Waals surface area contributed by atoms with E-state index in [1.807, 2.05) is 23.6 Å². The van der Waals surface area contributed by atoms with Crippen LogP contribution in [0.4, 0.5) is 5.69 Å². The summed E-state index contributed by atoms with van der Waals surface area (Å²) in [7, 11) is 0. The fraction of sp³-hybridized carbons (Fsp3) is 0.176. The van der Waals surface area contributed by atoms with Gasteiger partial charge in [-0.3, -0.25) is 0 Å². The zero-order valence-electron chi connectivity index (χ0n) is 13.4. The van der Waals surface area contributed by atoms with Gasteiger partial charge >= 0.3 is 0 Å². The summed E-state index contributed by atoms with van der Waals surface area (Å²) in [5.41, 5.74) is 10.2. The predicted octanol–water partition coefficient (Wildman–Crippen LogP) is 4.56. The standard InChI is InChI=1S/C17H18N4OS.HI/c1-11-5-6-13(8-12(11)2)21-17(18)19-9-14-10-23-16(20-14)15-4-3-7-22-15;/h3-8,10H,9H2,1-2H3,(H3,18,19,21);1H. The first kappa shape index (κ1) is 18.5. The lowest BCUT2D eigenvalue weighted by Crippen LogP contribution is -2.22. The maximum absolute atomic E-state index is 5.94. The van der Waals surface area contributed by atoms with Crippen LogP contribution in [0.25, 0.3) is 10.8 Å². The van der Waals surface area contributed by atoms with Gasteiger partial charge in [-0.05, 0) is 49.2 Å². The summed E-state index contributed by atoms with van der Waals surface area (Å²) < 4.78 is 5.33. The summed E-state index contributed by atoms with van der Waals surface area (Å²) >= 11 is 1.53. The molecule has 0 bridgehead atoms. The van der Waals surface area contributed by atoms with Crippen molar-refractivity contribution in [2.75, 3.05) is 5.32 Å². The van der Waals surface area contributed by atoms with Crippen LogP contribution in [0, 0.1) is 13.8 Å². The number of nitrogens with zero attached hydrogens (tertiary/aromatic N) is 2. The van der Waals surface area contributed by atoms with Gasteiger partial charge in [0.1, 0.15) is 0 Å². The van der Waals surface area contributed by atoms with Crippen LogP contribution >= 0.6 is 35.3 Å². The minimum absolute atomic E-state index is 0. The maximum atomic E-state index is 5.94. The van der Waals surface area contributed by atoms with Gasteiger partial charge < -0.3 is 15.5 Å². The highest BCUT2D eigenvalue weighted by Gasteiger charge is 2.06. The molecule has 0 saturated carbocycles. The summed E-state index contributed by atoms with van der Waals surface area (Å²) in [5.74, 6) is 1.15. The average molecular weight is 454 g/mol. The van der Waals surface area contributed by atoms with Gasteiger partial charge in [0, 0.05) is 11.1 Å². The Morgan fingerprint density at radius 2 is 2.12 bits per heavy atom. The average Bonchev–Trinajstić information content (AvgIpc) is 3.19. The fourth-order valence-electron chi connectivity index (χ4n) is 2.07. The number of rotatable bonds is 4. The molecule has 0 aliphatic rings. The lowest BCUT2D eigenvalue weighted by molar-refractivity contribution is 0.581. The van der Waals surface area contributed by atoms with Crippen LogP contribution in [-0.4, -0.2) is 10.9 Å². The Morgan fingerprint density at radius 1 is 1.29 bits per heavy atom. The third-order valence-electron chi connectivity index (χ3n) is 3.47.